The Morgan fingerprint density at radius 2 is 1.74 bits per heavy atom. The number of nitrogens with zero attached hydrogens (tertiary/aromatic N) is 4. The molecule has 1 fully saturated rings. The molecule has 3 aromatic carbocycles. The summed E-state index contributed by atoms with van der Waals surface area (Å²) in [6.45, 7) is 4.82. The molecule has 2 heterocycles. The third-order valence-corrected chi connectivity index (χ3v) is 7.33. The zero-order valence-corrected chi connectivity index (χ0v) is 22.3. The maximum absolute atomic E-state index is 12.8. The smallest absolute Gasteiger partial charge is 0.277 e. The fraction of sp³-hybridized carbons (Fsp3) is 0.214. The molecule has 0 unspecified atom stereocenters. The lowest BCUT2D eigenvalue weighted by atomic mass is 10.1. The first kappa shape index (κ1) is 25.8. The van der Waals surface area contributed by atoms with Crippen molar-refractivity contribution in [2.45, 2.75) is 12.1 Å². The minimum atomic E-state index is -0.177. The molecule has 1 aliphatic rings. The molecule has 1 aromatic heterocycles. The molecule has 2 amide bonds. The summed E-state index contributed by atoms with van der Waals surface area (Å²) in [6.07, 6.45) is 0. The Bertz CT molecular complexity index is 1430. The van der Waals surface area contributed by atoms with Crippen LogP contribution in [0.3, 0.4) is 0 Å². The second kappa shape index (κ2) is 11.7. The highest BCUT2D eigenvalue weighted by molar-refractivity contribution is 7.99. The first-order valence-electron chi connectivity index (χ1n) is 12.2. The summed E-state index contributed by atoms with van der Waals surface area (Å²) in [4.78, 5) is 29.4. The van der Waals surface area contributed by atoms with E-state index in [0.717, 1.165) is 41.7 Å². The predicted molar refractivity (Wildman–Crippen MR) is 150 cm³/mol. The summed E-state index contributed by atoms with van der Waals surface area (Å²) in [5.74, 6) is 0.339. The van der Waals surface area contributed by atoms with E-state index in [0.29, 0.717) is 40.5 Å². The van der Waals surface area contributed by atoms with Crippen molar-refractivity contribution in [1.29, 1.82) is 0 Å². The van der Waals surface area contributed by atoms with Crippen LogP contribution in [0, 0.1) is 6.92 Å². The number of thioether (sulfide) groups is 1. The first-order valence-corrected chi connectivity index (χ1v) is 13.5. The van der Waals surface area contributed by atoms with Gasteiger partial charge in [-0.15, -0.1) is 10.2 Å². The van der Waals surface area contributed by atoms with Gasteiger partial charge in [-0.25, -0.2) is 0 Å². The monoisotopic (exact) mass is 547 g/mol. The van der Waals surface area contributed by atoms with Gasteiger partial charge in [0.25, 0.3) is 11.1 Å². The van der Waals surface area contributed by atoms with Gasteiger partial charge in [0.2, 0.25) is 11.8 Å². The molecule has 0 radical (unpaired) electrons. The second-order valence-corrected chi connectivity index (χ2v) is 10.2. The van der Waals surface area contributed by atoms with Crippen LogP contribution in [0.25, 0.3) is 11.5 Å². The van der Waals surface area contributed by atoms with Gasteiger partial charge in [0, 0.05) is 43.1 Å². The summed E-state index contributed by atoms with van der Waals surface area (Å²) in [7, 11) is 0. The van der Waals surface area contributed by atoms with Gasteiger partial charge in [0.1, 0.15) is 0 Å². The quantitative estimate of drug-likeness (QED) is 0.310. The summed E-state index contributed by atoms with van der Waals surface area (Å²) < 4.78 is 5.63. The Morgan fingerprint density at radius 1 is 0.974 bits per heavy atom. The normalized spacial score (nSPS) is 13.4. The fourth-order valence-corrected chi connectivity index (χ4v) is 5.00. The lowest BCUT2D eigenvalue weighted by Crippen LogP contribution is -2.48. The number of rotatable bonds is 7. The molecule has 0 spiro atoms. The number of aryl methyl sites for hydroxylation is 1. The fourth-order valence-electron chi connectivity index (χ4n) is 4.22. The number of hydrogen-bond acceptors (Lipinski definition) is 7. The van der Waals surface area contributed by atoms with E-state index in [4.69, 9.17) is 16.0 Å². The van der Waals surface area contributed by atoms with E-state index >= 15 is 0 Å². The highest BCUT2D eigenvalue weighted by Gasteiger charge is 2.22. The van der Waals surface area contributed by atoms with E-state index in [2.05, 4.69) is 20.4 Å². The molecule has 1 N–H and O–H groups in total. The molecule has 0 bridgehead atoms. The third kappa shape index (κ3) is 6.17. The Hall–Kier alpha value is -3.82. The van der Waals surface area contributed by atoms with Crippen molar-refractivity contribution in [1.82, 2.24) is 15.1 Å². The van der Waals surface area contributed by atoms with Gasteiger partial charge in [0.05, 0.1) is 16.3 Å². The topological polar surface area (TPSA) is 91.6 Å². The van der Waals surface area contributed by atoms with Gasteiger partial charge in [0.15, 0.2) is 0 Å². The molecule has 8 nitrogen and oxygen atoms in total. The number of nitrogens with one attached hydrogen (secondary N) is 1. The van der Waals surface area contributed by atoms with Crippen LogP contribution in [0.15, 0.2) is 82.4 Å². The molecule has 38 heavy (non-hydrogen) atoms. The van der Waals surface area contributed by atoms with Crippen molar-refractivity contribution in [3.63, 3.8) is 0 Å². The number of benzene rings is 3. The Balaban J connectivity index is 1.09. The predicted octanol–water partition coefficient (Wildman–Crippen LogP) is 5.39. The zero-order chi connectivity index (χ0) is 26.5. The third-order valence-electron chi connectivity index (χ3n) is 6.19. The summed E-state index contributed by atoms with van der Waals surface area (Å²) in [6, 6.07) is 22.6. The van der Waals surface area contributed by atoms with Gasteiger partial charge in [-0.3, -0.25) is 9.59 Å². The number of hydrogen-bond donors (Lipinski definition) is 1. The van der Waals surface area contributed by atoms with Crippen LogP contribution in [0.4, 0.5) is 11.4 Å². The summed E-state index contributed by atoms with van der Waals surface area (Å²) in [5, 5.41) is 11.7. The maximum Gasteiger partial charge on any atom is 0.277 e. The summed E-state index contributed by atoms with van der Waals surface area (Å²) in [5.41, 5.74) is 4.22. The molecule has 194 valence electrons. The molecule has 5 rings (SSSR count). The number of aromatic nitrogens is 2. The SMILES string of the molecule is Cc1cccc(C(=O)N2CCN(c3ccc(NC(=O)CSc4nnc(-c5ccccc5Cl)o4)cc3)CC2)c1. The van der Waals surface area contributed by atoms with E-state index in [1.807, 2.05) is 72.5 Å². The minimum absolute atomic E-state index is 0.0740. The van der Waals surface area contributed by atoms with E-state index in [1.165, 1.54) is 0 Å². The van der Waals surface area contributed by atoms with Crippen LogP contribution in [0.2, 0.25) is 5.02 Å². The lowest BCUT2D eigenvalue weighted by Gasteiger charge is -2.36. The van der Waals surface area contributed by atoms with Crippen molar-refractivity contribution in [2.24, 2.45) is 0 Å². The van der Waals surface area contributed by atoms with E-state index in [-0.39, 0.29) is 17.6 Å². The number of anilines is 2. The highest BCUT2D eigenvalue weighted by atomic mass is 35.5. The number of halogens is 1. The molecular formula is C28H26ClN5O3S. The molecule has 0 saturated carbocycles. The van der Waals surface area contributed by atoms with E-state index < -0.39 is 0 Å². The zero-order valence-electron chi connectivity index (χ0n) is 20.8. The Labute approximate surface area is 230 Å². The number of amides is 2. The van der Waals surface area contributed by atoms with Crippen molar-refractivity contribution in [3.05, 3.63) is 88.9 Å². The summed E-state index contributed by atoms with van der Waals surface area (Å²) >= 11 is 7.34. The van der Waals surface area contributed by atoms with Crippen LogP contribution in [-0.4, -0.2) is 58.8 Å². The van der Waals surface area contributed by atoms with Crippen LogP contribution in [-0.2, 0) is 4.79 Å². The molecule has 10 heteroatoms. The molecule has 4 aromatic rings. The second-order valence-electron chi connectivity index (χ2n) is 8.89. The van der Waals surface area contributed by atoms with Gasteiger partial charge >= 0.3 is 0 Å². The van der Waals surface area contributed by atoms with E-state index in [1.54, 1.807) is 12.1 Å². The highest BCUT2D eigenvalue weighted by Crippen LogP contribution is 2.29. The van der Waals surface area contributed by atoms with E-state index in [9.17, 15) is 9.59 Å². The average Bonchev–Trinajstić information content (AvgIpc) is 3.41. The molecular weight excluding hydrogens is 522 g/mol. The average molecular weight is 548 g/mol. The van der Waals surface area contributed by atoms with Crippen molar-refractivity contribution < 1.29 is 14.0 Å². The minimum Gasteiger partial charge on any atom is -0.411 e. The van der Waals surface area contributed by atoms with Crippen LogP contribution < -0.4 is 10.2 Å². The van der Waals surface area contributed by atoms with Gasteiger partial charge in [-0.2, -0.15) is 0 Å². The van der Waals surface area contributed by atoms with Gasteiger partial charge < -0.3 is 19.5 Å². The van der Waals surface area contributed by atoms with Crippen molar-refractivity contribution >= 4 is 46.6 Å². The molecule has 1 aliphatic heterocycles. The Kier molecular flexibility index (Phi) is 7.95. The number of carbonyl (C=O) groups excluding carboxylic acids is 2. The number of carbonyl (C=O) groups is 2. The Morgan fingerprint density at radius 3 is 2.47 bits per heavy atom. The standard InChI is InChI=1S/C28H26ClN5O3S/c1-19-5-4-6-20(17-19)27(36)34-15-13-33(14-16-34)22-11-9-21(10-12-22)30-25(35)18-38-28-32-31-26(37-28)23-7-2-3-8-24(23)29/h2-12,17H,13-16,18H2,1H3,(H,30,35). The van der Waals surface area contributed by atoms with Crippen molar-refractivity contribution in [3.8, 4) is 11.5 Å². The van der Waals surface area contributed by atoms with Crippen molar-refractivity contribution in [2.75, 3.05) is 42.1 Å². The lowest BCUT2D eigenvalue weighted by molar-refractivity contribution is -0.113. The van der Waals surface area contributed by atoms with Crippen LogP contribution in [0.5, 0.6) is 0 Å². The van der Waals surface area contributed by atoms with Crippen LogP contribution in [0.1, 0.15) is 15.9 Å². The van der Waals surface area contributed by atoms with Gasteiger partial charge in [-0.1, -0.05) is 53.2 Å². The molecule has 1 saturated heterocycles. The number of piperazine rings is 1. The van der Waals surface area contributed by atoms with Gasteiger partial charge in [-0.05, 0) is 55.5 Å². The molecule has 0 aliphatic carbocycles. The largest absolute Gasteiger partial charge is 0.411 e. The maximum atomic E-state index is 12.8. The first-order chi connectivity index (χ1) is 18.5. The molecule has 0 atom stereocenters. The van der Waals surface area contributed by atoms with Crippen LogP contribution >= 0.6 is 23.4 Å².